The highest BCUT2D eigenvalue weighted by atomic mass is 35.5. The van der Waals surface area contributed by atoms with Crippen LogP contribution in [0, 0.1) is 11.3 Å². The number of halogens is 1. The lowest BCUT2D eigenvalue weighted by Crippen LogP contribution is -2.21. The van der Waals surface area contributed by atoms with Crippen molar-refractivity contribution in [3.63, 3.8) is 0 Å². The molecule has 88 valence electrons. The lowest BCUT2D eigenvalue weighted by Gasteiger charge is -2.10. The van der Waals surface area contributed by atoms with Crippen molar-refractivity contribution in [1.29, 1.82) is 5.26 Å². The van der Waals surface area contributed by atoms with Gasteiger partial charge in [0.05, 0.1) is 17.1 Å². The molecule has 6 heteroatoms. The van der Waals surface area contributed by atoms with Crippen LogP contribution in [0.4, 0.5) is 4.79 Å². The molecule has 1 unspecified atom stereocenters. The van der Waals surface area contributed by atoms with Gasteiger partial charge in [-0.15, -0.1) is 0 Å². The van der Waals surface area contributed by atoms with Crippen LogP contribution in [0.15, 0.2) is 18.2 Å². The molecule has 1 fully saturated rings. The number of rotatable bonds is 3. The largest absolute Gasteiger partial charge is 0.490 e. The Kier molecular flexibility index (Phi) is 3.35. The standard InChI is InChI=1S/C11H9ClN2O3/c12-10-3-8(2-1-7(10)4-13)16-6-9-5-14-11(15)17-9/h1-3,9H,5-6H2,(H,14,15). The smallest absolute Gasteiger partial charge is 0.407 e. The normalized spacial score (nSPS) is 18.1. The van der Waals surface area contributed by atoms with Gasteiger partial charge in [-0.1, -0.05) is 11.6 Å². The lowest BCUT2D eigenvalue weighted by atomic mass is 10.2. The van der Waals surface area contributed by atoms with Crippen LogP contribution in [0.3, 0.4) is 0 Å². The van der Waals surface area contributed by atoms with Crippen molar-refractivity contribution in [2.45, 2.75) is 6.10 Å². The van der Waals surface area contributed by atoms with Gasteiger partial charge in [0.25, 0.3) is 0 Å². The van der Waals surface area contributed by atoms with Gasteiger partial charge >= 0.3 is 6.09 Å². The Balaban J connectivity index is 1.93. The first kappa shape index (κ1) is 11.6. The first-order valence-corrected chi connectivity index (χ1v) is 5.34. The highest BCUT2D eigenvalue weighted by molar-refractivity contribution is 6.31. The predicted molar refractivity (Wildman–Crippen MR) is 59.9 cm³/mol. The van der Waals surface area contributed by atoms with E-state index in [9.17, 15) is 4.79 Å². The third-order valence-corrected chi connectivity index (χ3v) is 2.56. The summed E-state index contributed by atoms with van der Waals surface area (Å²) in [6, 6.07) is 6.75. The van der Waals surface area contributed by atoms with Crippen LogP contribution in [0.25, 0.3) is 0 Å². The lowest BCUT2D eigenvalue weighted by molar-refractivity contribution is 0.105. The van der Waals surface area contributed by atoms with Gasteiger partial charge in [0, 0.05) is 6.07 Å². The Bertz CT molecular complexity index is 484. The van der Waals surface area contributed by atoms with E-state index in [1.54, 1.807) is 18.2 Å². The van der Waals surface area contributed by atoms with Crippen LogP contribution in [0.2, 0.25) is 5.02 Å². The van der Waals surface area contributed by atoms with Crippen LogP contribution >= 0.6 is 11.6 Å². The van der Waals surface area contributed by atoms with Crippen LogP contribution in [-0.4, -0.2) is 25.3 Å². The van der Waals surface area contributed by atoms with E-state index in [4.69, 9.17) is 26.3 Å². The maximum absolute atomic E-state index is 10.8. The summed E-state index contributed by atoms with van der Waals surface area (Å²) in [7, 11) is 0. The molecular formula is C11H9ClN2O3. The number of cyclic esters (lactones) is 1. The van der Waals surface area contributed by atoms with E-state index in [0.29, 0.717) is 22.9 Å². The number of amides is 1. The van der Waals surface area contributed by atoms with Gasteiger partial charge in [-0.25, -0.2) is 4.79 Å². The van der Waals surface area contributed by atoms with Crippen molar-refractivity contribution in [3.8, 4) is 11.8 Å². The minimum atomic E-state index is -0.434. The number of nitrogens with one attached hydrogen (secondary N) is 1. The molecule has 1 heterocycles. The summed E-state index contributed by atoms with van der Waals surface area (Å²) in [5, 5.41) is 11.6. The fourth-order valence-corrected chi connectivity index (χ4v) is 1.60. The number of alkyl carbamates (subject to hydrolysis) is 1. The Morgan fingerprint density at radius 1 is 1.65 bits per heavy atom. The first-order chi connectivity index (χ1) is 8.19. The van der Waals surface area contributed by atoms with E-state index in [1.165, 1.54) is 0 Å². The number of nitriles is 1. The topological polar surface area (TPSA) is 71.3 Å². The molecule has 1 aliphatic heterocycles. The molecule has 0 bridgehead atoms. The van der Waals surface area contributed by atoms with Gasteiger partial charge in [0.15, 0.2) is 6.10 Å². The van der Waals surface area contributed by atoms with E-state index in [-0.39, 0.29) is 12.7 Å². The van der Waals surface area contributed by atoms with Crippen LogP contribution in [0.5, 0.6) is 5.75 Å². The quantitative estimate of drug-likeness (QED) is 0.889. The average Bonchev–Trinajstić information content (AvgIpc) is 2.73. The van der Waals surface area contributed by atoms with Gasteiger partial charge in [-0.3, -0.25) is 0 Å². The molecule has 1 amide bonds. The van der Waals surface area contributed by atoms with Crippen molar-refractivity contribution >= 4 is 17.7 Å². The molecule has 1 aliphatic rings. The maximum Gasteiger partial charge on any atom is 0.407 e. The molecule has 0 saturated carbocycles. The number of hydrogen-bond donors (Lipinski definition) is 1. The summed E-state index contributed by atoms with van der Waals surface area (Å²) in [5.41, 5.74) is 0.396. The molecule has 2 rings (SSSR count). The minimum Gasteiger partial charge on any atom is -0.490 e. The third kappa shape index (κ3) is 2.80. The number of benzene rings is 1. The summed E-state index contributed by atoms with van der Waals surface area (Å²) in [4.78, 5) is 10.8. The Morgan fingerprint density at radius 3 is 3.06 bits per heavy atom. The van der Waals surface area contributed by atoms with Gasteiger partial charge in [0.1, 0.15) is 18.4 Å². The summed E-state index contributed by atoms with van der Waals surface area (Å²) in [6.45, 7) is 0.684. The molecule has 0 spiro atoms. The molecule has 1 atom stereocenters. The Labute approximate surface area is 103 Å². The number of nitrogens with zero attached hydrogens (tertiary/aromatic N) is 1. The molecule has 17 heavy (non-hydrogen) atoms. The summed E-state index contributed by atoms with van der Waals surface area (Å²) in [5.74, 6) is 0.539. The zero-order valence-corrected chi connectivity index (χ0v) is 9.53. The fraction of sp³-hybridized carbons (Fsp3) is 0.273. The molecule has 1 N–H and O–H groups in total. The second kappa shape index (κ2) is 4.93. The van der Waals surface area contributed by atoms with E-state index in [2.05, 4.69) is 5.32 Å². The number of carbonyl (C=O) groups excluding carboxylic acids is 1. The second-order valence-electron chi connectivity index (χ2n) is 3.47. The Hall–Kier alpha value is -1.93. The van der Waals surface area contributed by atoms with E-state index in [0.717, 1.165) is 0 Å². The zero-order chi connectivity index (χ0) is 12.3. The van der Waals surface area contributed by atoms with Gasteiger partial charge in [-0.2, -0.15) is 5.26 Å². The molecule has 0 radical (unpaired) electrons. The number of carbonyl (C=O) groups is 1. The minimum absolute atomic E-state index is 0.251. The van der Waals surface area contributed by atoms with Crippen LogP contribution < -0.4 is 10.1 Å². The summed E-state index contributed by atoms with van der Waals surface area (Å²) < 4.78 is 10.3. The summed E-state index contributed by atoms with van der Waals surface area (Å²) >= 11 is 5.85. The van der Waals surface area contributed by atoms with Crippen molar-refractivity contribution in [2.24, 2.45) is 0 Å². The third-order valence-electron chi connectivity index (χ3n) is 2.24. The van der Waals surface area contributed by atoms with E-state index >= 15 is 0 Å². The predicted octanol–water partition coefficient (Wildman–Crippen LogP) is 1.70. The van der Waals surface area contributed by atoms with Crippen molar-refractivity contribution < 1.29 is 14.3 Å². The molecule has 1 saturated heterocycles. The average molecular weight is 253 g/mol. The molecule has 0 aromatic heterocycles. The maximum atomic E-state index is 10.8. The SMILES string of the molecule is N#Cc1ccc(OCC2CNC(=O)O2)cc1Cl. The van der Waals surface area contributed by atoms with E-state index in [1.807, 2.05) is 6.07 Å². The van der Waals surface area contributed by atoms with Crippen molar-refractivity contribution in [1.82, 2.24) is 5.32 Å². The Morgan fingerprint density at radius 2 is 2.47 bits per heavy atom. The molecule has 1 aromatic rings. The van der Waals surface area contributed by atoms with Crippen LogP contribution in [-0.2, 0) is 4.74 Å². The highest BCUT2D eigenvalue weighted by Crippen LogP contribution is 2.22. The van der Waals surface area contributed by atoms with Gasteiger partial charge in [0.2, 0.25) is 0 Å². The van der Waals surface area contributed by atoms with Crippen LogP contribution in [0.1, 0.15) is 5.56 Å². The van der Waals surface area contributed by atoms with Crippen molar-refractivity contribution in [3.05, 3.63) is 28.8 Å². The molecule has 1 aromatic carbocycles. The number of ether oxygens (including phenoxy) is 2. The van der Waals surface area contributed by atoms with E-state index < -0.39 is 6.09 Å². The first-order valence-electron chi connectivity index (χ1n) is 4.96. The monoisotopic (exact) mass is 252 g/mol. The van der Waals surface area contributed by atoms with Gasteiger partial charge < -0.3 is 14.8 Å². The highest BCUT2D eigenvalue weighted by Gasteiger charge is 2.22. The molecule has 0 aliphatic carbocycles. The number of hydrogen-bond acceptors (Lipinski definition) is 4. The van der Waals surface area contributed by atoms with Crippen molar-refractivity contribution in [2.75, 3.05) is 13.2 Å². The fourth-order valence-electron chi connectivity index (χ4n) is 1.39. The molecule has 5 nitrogen and oxygen atoms in total. The van der Waals surface area contributed by atoms with Gasteiger partial charge in [-0.05, 0) is 12.1 Å². The zero-order valence-electron chi connectivity index (χ0n) is 8.77. The molecular weight excluding hydrogens is 244 g/mol. The summed E-state index contributed by atoms with van der Waals surface area (Å²) in [6.07, 6.45) is -0.728. The second-order valence-corrected chi connectivity index (χ2v) is 3.88.